The van der Waals surface area contributed by atoms with Crippen LogP contribution in [0.5, 0.6) is 11.5 Å². The van der Waals surface area contributed by atoms with Gasteiger partial charge in [0, 0.05) is 16.7 Å². The summed E-state index contributed by atoms with van der Waals surface area (Å²) in [6.07, 6.45) is 0. The van der Waals surface area contributed by atoms with E-state index in [4.69, 9.17) is 14.0 Å². The van der Waals surface area contributed by atoms with Crippen LogP contribution in [0.15, 0.2) is 77.3 Å². The Morgan fingerprint density at radius 3 is 2.23 bits per heavy atom. The molecular formula is C23H15FN2O4. The highest BCUT2D eigenvalue weighted by molar-refractivity contribution is 5.85. The van der Waals surface area contributed by atoms with E-state index in [0.29, 0.717) is 22.9 Å². The van der Waals surface area contributed by atoms with Gasteiger partial charge in [0.25, 0.3) is 5.89 Å². The average molecular weight is 402 g/mol. The first-order chi connectivity index (χ1) is 14.7. The summed E-state index contributed by atoms with van der Waals surface area (Å²) in [5, 5.41) is 3.86. The van der Waals surface area contributed by atoms with Crippen LogP contribution in [-0.4, -0.2) is 16.1 Å². The summed E-state index contributed by atoms with van der Waals surface area (Å²) in [5.74, 6) is 0.266. The summed E-state index contributed by atoms with van der Waals surface area (Å²) in [5.41, 5.74) is 2.07. The second-order valence-electron chi connectivity index (χ2n) is 6.74. The van der Waals surface area contributed by atoms with Crippen LogP contribution < -0.4 is 4.74 Å². The molecule has 1 aliphatic rings. The second kappa shape index (κ2) is 7.44. The zero-order chi connectivity index (χ0) is 20.5. The SMILES string of the molecule is O=C(OCc1nc(-c2ccc(F)cc2)no1)C1c2ccccc2Oc2ccccc21. The molecule has 5 rings (SSSR count). The van der Waals surface area contributed by atoms with Gasteiger partial charge in [-0.2, -0.15) is 4.98 Å². The number of nitrogens with zero attached hydrogens (tertiary/aromatic N) is 2. The molecule has 3 aromatic carbocycles. The molecule has 30 heavy (non-hydrogen) atoms. The smallest absolute Gasteiger partial charge is 0.318 e. The van der Waals surface area contributed by atoms with Gasteiger partial charge < -0.3 is 14.0 Å². The Bertz CT molecular complexity index is 1170. The van der Waals surface area contributed by atoms with Crippen LogP contribution in [0.2, 0.25) is 0 Å². The molecule has 0 N–H and O–H groups in total. The van der Waals surface area contributed by atoms with Crippen LogP contribution in [0.3, 0.4) is 0 Å². The van der Waals surface area contributed by atoms with E-state index in [-0.39, 0.29) is 18.3 Å². The number of ether oxygens (including phenoxy) is 2. The van der Waals surface area contributed by atoms with Crippen LogP contribution >= 0.6 is 0 Å². The number of esters is 1. The van der Waals surface area contributed by atoms with Crippen molar-refractivity contribution in [3.63, 3.8) is 0 Å². The van der Waals surface area contributed by atoms with Gasteiger partial charge in [-0.05, 0) is 36.4 Å². The number of benzene rings is 3. The quantitative estimate of drug-likeness (QED) is 0.454. The van der Waals surface area contributed by atoms with Crippen LogP contribution in [-0.2, 0) is 16.1 Å². The number of fused-ring (bicyclic) bond motifs is 2. The maximum atomic E-state index is 13.1. The number of carbonyl (C=O) groups excluding carboxylic acids is 1. The Hall–Kier alpha value is -4.00. The van der Waals surface area contributed by atoms with Crippen molar-refractivity contribution in [3.8, 4) is 22.9 Å². The molecule has 0 unspecified atom stereocenters. The lowest BCUT2D eigenvalue weighted by Gasteiger charge is -2.26. The van der Waals surface area contributed by atoms with Crippen molar-refractivity contribution in [3.05, 3.63) is 95.6 Å². The van der Waals surface area contributed by atoms with Gasteiger partial charge in [0.1, 0.15) is 23.2 Å². The summed E-state index contributed by atoms with van der Waals surface area (Å²) in [7, 11) is 0. The maximum Gasteiger partial charge on any atom is 0.318 e. The molecule has 6 nitrogen and oxygen atoms in total. The Kier molecular flexibility index (Phi) is 4.48. The molecule has 1 aliphatic heterocycles. The largest absolute Gasteiger partial charge is 0.457 e. The minimum absolute atomic E-state index is 0.149. The second-order valence-corrected chi connectivity index (χ2v) is 6.74. The molecule has 0 aliphatic carbocycles. The Balaban J connectivity index is 1.36. The lowest BCUT2D eigenvalue weighted by atomic mass is 9.88. The number of carbonyl (C=O) groups is 1. The lowest BCUT2D eigenvalue weighted by Crippen LogP contribution is -2.21. The molecule has 7 heteroatoms. The van der Waals surface area contributed by atoms with E-state index in [9.17, 15) is 9.18 Å². The normalized spacial score (nSPS) is 12.6. The molecule has 148 valence electrons. The van der Waals surface area contributed by atoms with Gasteiger partial charge in [-0.3, -0.25) is 4.79 Å². The Morgan fingerprint density at radius 1 is 0.933 bits per heavy atom. The predicted molar refractivity (Wildman–Crippen MR) is 104 cm³/mol. The van der Waals surface area contributed by atoms with E-state index in [1.54, 1.807) is 12.1 Å². The van der Waals surface area contributed by atoms with E-state index in [1.807, 2.05) is 48.5 Å². The third-order valence-electron chi connectivity index (χ3n) is 4.82. The summed E-state index contributed by atoms with van der Waals surface area (Å²) in [4.78, 5) is 17.2. The fourth-order valence-electron chi connectivity index (χ4n) is 3.41. The molecule has 0 spiro atoms. The van der Waals surface area contributed by atoms with Gasteiger partial charge in [0.2, 0.25) is 5.82 Å². The third kappa shape index (κ3) is 3.30. The molecule has 0 saturated heterocycles. The molecule has 0 atom stereocenters. The molecular weight excluding hydrogens is 387 g/mol. The van der Waals surface area contributed by atoms with E-state index < -0.39 is 11.9 Å². The Labute approximate surface area is 170 Å². The molecule has 1 aromatic heterocycles. The topological polar surface area (TPSA) is 74.5 Å². The molecule has 0 saturated carbocycles. The van der Waals surface area contributed by atoms with Crippen molar-refractivity contribution in [2.45, 2.75) is 12.5 Å². The van der Waals surface area contributed by atoms with Gasteiger partial charge in [-0.1, -0.05) is 41.6 Å². The predicted octanol–water partition coefficient (Wildman–Crippen LogP) is 4.86. The van der Waals surface area contributed by atoms with E-state index in [1.165, 1.54) is 12.1 Å². The number of halogens is 1. The van der Waals surface area contributed by atoms with E-state index in [2.05, 4.69) is 10.1 Å². The van der Waals surface area contributed by atoms with Crippen molar-refractivity contribution >= 4 is 5.97 Å². The fraction of sp³-hybridized carbons (Fsp3) is 0.0870. The monoisotopic (exact) mass is 402 g/mol. The lowest BCUT2D eigenvalue weighted by molar-refractivity contribution is -0.146. The molecule has 2 heterocycles. The summed E-state index contributed by atoms with van der Waals surface area (Å²) < 4.78 is 29.6. The third-order valence-corrected chi connectivity index (χ3v) is 4.82. The van der Waals surface area contributed by atoms with Gasteiger partial charge in [0.05, 0.1) is 0 Å². The van der Waals surface area contributed by atoms with Gasteiger partial charge >= 0.3 is 5.97 Å². The van der Waals surface area contributed by atoms with Crippen molar-refractivity contribution in [1.29, 1.82) is 0 Å². The van der Waals surface area contributed by atoms with Gasteiger partial charge in [0.15, 0.2) is 6.61 Å². The van der Waals surface area contributed by atoms with Crippen LogP contribution in [0.25, 0.3) is 11.4 Å². The number of rotatable bonds is 4. The highest BCUT2D eigenvalue weighted by atomic mass is 19.1. The van der Waals surface area contributed by atoms with Crippen molar-refractivity contribution in [1.82, 2.24) is 10.1 Å². The van der Waals surface area contributed by atoms with Gasteiger partial charge in [-0.15, -0.1) is 0 Å². The highest BCUT2D eigenvalue weighted by Crippen LogP contribution is 2.44. The minimum Gasteiger partial charge on any atom is -0.457 e. The summed E-state index contributed by atoms with van der Waals surface area (Å²) >= 11 is 0. The minimum atomic E-state index is -0.620. The number of hydrogen-bond acceptors (Lipinski definition) is 6. The molecule has 4 aromatic rings. The first-order valence-corrected chi connectivity index (χ1v) is 9.30. The maximum absolute atomic E-state index is 13.1. The summed E-state index contributed by atoms with van der Waals surface area (Å²) in [6.45, 7) is -0.172. The standard InChI is InChI=1S/C23H15FN2O4/c24-15-11-9-14(10-12-15)22-25-20(30-26-22)13-28-23(27)21-16-5-1-3-7-18(16)29-19-8-4-2-6-17(19)21/h1-12,21H,13H2. The van der Waals surface area contributed by atoms with Crippen molar-refractivity contribution < 1.29 is 23.2 Å². The zero-order valence-electron chi connectivity index (χ0n) is 15.6. The van der Waals surface area contributed by atoms with Crippen LogP contribution in [0.4, 0.5) is 4.39 Å². The average Bonchev–Trinajstić information content (AvgIpc) is 3.25. The van der Waals surface area contributed by atoms with Gasteiger partial charge in [-0.25, -0.2) is 4.39 Å². The molecule has 0 radical (unpaired) electrons. The first-order valence-electron chi connectivity index (χ1n) is 9.30. The van der Waals surface area contributed by atoms with Crippen molar-refractivity contribution in [2.24, 2.45) is 0 Å². The first kappa shape index (κ1) is 18.1. The number of aromatic nitrogens is 2. The summed E-state index contributed by atoms with van der Waals surface area (Å²) in [6, 6.07) is 20.4. The molecule has 0 fully saturated rings. The van der Waals surface area contributed by atoms with E-state index >= 15 is 0 Å². The van der Waals surface area contributed by atoms with Crippen LogP contribution in [0.1, 0.15) is 22.9 Å². The Morgan fingerprint density at radius 2 is 1.57 bits per heavy atom. The van der Waals surface area contributed by atoms with E-state index in [0.717, 1.165) is 11.1 Å². The number of hydrogen-bond donors (Lipinski definition) is 0. The highest BCUT2D eigenvalue weighted by Gasteiger charge is 2.33. The molecule has 0 bridgehead atoms. The zero-order valence-corrected chi connectivity index (χ0v) is 15.6. The fourth-order valence-corrected chi connectivity index (χ4v) is 3.41. The van der Waals surface area contributed by atoms with Crippen molar-refractivity contribution in [2.75, 3.05) is 0 Å². The molecule has 0 amide bonds. The van der Waals surface area contributed by atoms with Crippen LogP contribution in [0, 0.1) is 5.82 Å². The number of para-hydroxylation sites is 2.